The average molecular weight is 176 g/mol. The molecular formula is C13H20. The van der Waals surface area contributed by atoms with Crippen LogP contribution in [0.5, 0.6) is 0 Å². The Labute approximate surface area is 81.7 Å². The summed E-state index contributed by atoms with van der Waals surface area (Å²) in [6, 6.07) is 0. The molecule has 1 saturated carbocycles. The van der Waals surface area contributed by atoms with Crippen LogP contribution in [0.1, 0.15) is 39.5 Å². The molecule has 0 amide bonds. The summed E-state index contributed by atoms with van der Waals surface area (Å²) in [7, 11) is 0. The molecule has 0 heterocycles. The fraction of sp³-hybridized carbons (Fsp3) is 0.692. The van der Waals surface area contributed by atoms with Crippen LogP contribution in [0, 0.1) is 17.3 Å². The predicted octanol–water partition coefficient (Wildman–Crippen LogP) is 3.95. The molecule has 0 heteroatoms. The van der Waals surface area contributed by atoms with Gasteiger partial charge in [-0.1, -0.05) is 32.6 Å². The second-order valence-corrected chi connectivity index (χ2v) is 5.30. The van der Waals surface area contributed by atoms with Crippen molar-refractivity contribution in [3.63, 3.8) is 0 Å². The highest BCUT2D eigenvalue weighted by atomic mass is 14.4. The molecule has 0 aromatic carbocycles. The van der Waals surface area contributed by atoms with Gasteiger partial charge in [-0.3, -0.25) is 0 Å². The molecule has 1 fully saturated rings. The van der Waals surface area contributed by atoms with E-state index in [0.29, 0.717) is 5.41 Å². The summed E-state index contributed by atoms with van der Waals surface area (Å²) in [6.45, 7) is 8.76. The number of allylic oxidation sites excluding steroid dienone is 3. The quantitative estimate of drug-likeness (QED) is 0.567. The van der Waals surface area contributed by atoms with E-state index in [-0.39, 0.29) is 0 Å². The van der Waals surface area contributed by atoms with Crippen LogP contribution in [0.3, 0.4) is 0 Å². The zero-order valence-corrected chi connectivity index (χ0v) is 8.84. The summed E-state index contributed by atoms with van der Waals surface area (Å²) >= 11 is 0. The standard InChI is InChI=1S/C13H20/c1-4-10-5-6-12-9-11(10)7-8-13(12,2)3/h4-5,11-12H,1,6-9H2,2-3H3. The lowest BCUT2D eigenvalue weighted by Crippen LogP contribution is -2.34. The van der Waals surface area contributed by atoms with Gasteiger partial charge in [-0.2, -0.15) is 0 Å². The molecule has 2 unspecified atom stereocenters. The number of hydrogen-bond donors (Lipinski definition) is 0. The molecule has 0 nitrogen and oxygen atoms in total. The van der Waals surface area contributed by atoms with Crippen molar-refractivity contribution in [1.82, 2.24) is 0 Å². The second kappa shape index (κ2) is 3.01. The fourth-order valence-electron chi connectivity index (χ4n) is 2.94. The highest BCUT2D eigenvalue weighted by molar-refractivity contribution is 5.24. The lowest BCUT2D eigenvalue weighted by Gasteiger charge is -2.45. The van der Waals surface area contributed by atoms with Crippen LogP contribution >= 0.6 is 0 Å². The summed E-state index contributed by atoms with van der Waals surface area (Å²) in [5.41, 5.74) is 2.10. The Bertz CT molecular complexity index is 245. The van der Waals surface area contributed by atoms with Gasteiger partial charge in [0.25, 0.3) is 0 Å². The van der Waals surface area contributed by atoms with Crippen molar-refractivity contribution in [3.05, 3.63) is 24.3 Å². The van der Waals surface area contributed by atoms with E-state index in [1.807, 2.05) is 0 Å². The van der Waals surface area contributed by atoms with Crippen LogP contribution in [0.2, 0.25) is 0 Å². The predicted molar refractivity (Wildman–Crippen MR) is 57.5 cm³/mol. The van der Waals surface area contributed by atoms with Gasteiger partial charge in [0.15, 0.2) is 0 Å². The zero-order valence-electron chi connectivity index (χ0n) is 8.84. The van der Waals surface area contributed by atoms with Crippen molar-refractivity contribution in [2.24, 2.45) is 17.3 Å². The van der Waals surface area contributed by atoms with E-state index in [0.717, 1.165) is 11.8 Å². The molecule has 2 bridgehead atoms. The number of hydrogen-bond acceptors (Lipinski definition) is 0. The second-order valence-electron chi connectivity index (χ2n) is 5.30. The van der Waals surface area contributed by atoms with Gasteiger partial charge in [-0.15, -0.1) is 0 Å². The summed E-state index contributed by atoms with van der Waals surface area (Å²) in [4.78, 5) is 0. The molecule has 0 N–H and O–H groups in total. The van der Waals surface area contributed by atoms with Crippen LogP contribution in [0.15, 0.2) is 24.3 Å². The van der Waals surface area contributed by atoms with E-state index >= 15 is 0 Å². The highest BCUT2D eigenvalue weighted by Crippen LogP contribution is 2.49. The van der Waals surface area contributed by atoms with Crippen LogP contribution in [0.4, 0.5) is 0 Å². The maximum Gasteiger partial charge on any atom is -0.0162 e. The first-order valence-corrected chi connectivity index (χ1v) is 5.46. The summed E-state index contributed by atoms with van der Waals surface area (Å²) in [5.74, 6) is 1.76. The average Bonchev–Trinajstić information content (AvgIpc) is 2.13. The van der Waals surface area contributed by atoms with Crippen LogP contribution in [-0.2, 0) is 0 Å². The molecule has 2 aliphatic rings. The molecule has 0 aliphatic heterocycles. The summed E-state index contributed by atoms with van der Waals surface area (Å²) in [6.07, 6.45) is 9.95. The monoisotopic (exact) mass is 176 g/mol. The minimum atomic E-state index is 0.583. The Morgan fingerprint density at radius 3 is 3.00 bits per heavy atom. The number of rotatable bonds is 1. The van der Waals surface area contributed by atoms with E-state index in [2.05, 4.69) is 32.6 Å². The van der Waals surface area contributed by atoms with Gasteiger partial charge in [0.1, 0.15) is 0 Å². The van der Waals surface area contributed by atoms with Gasteiger partial charge in [0.05, 0.1) is 0 Å². The first-order valence-electron chi connectivity index (χ1n) is 5.46. The minimum absolute atomic E-state index is 0.583. The van der Waals surface area contributed by atoms with Gasteiger partial charge in [-0.05, 0) is 48.5 Å². The van der Waals surface area contributed by atoms with Crippen LogP contribution < -0.4 is 0 Å². The maximum atomic E-state index is 3.90. The molecule has 2 rings (SSSR count). The number of fused-ring (bicyclic) bond motifs is 2. The zero-order chi connectivity index (χ0) is 9.47. The van der Waals surface area contributed by atoms with Crippen LogP contribution in [0.25, 0.3) is 0 Å². The highest BCUT2D eigenvalue weighted by Gasteiger charge is 2.38. The summed E-state index contributed by atoms with van der Waals surface area (Å²) < 4.78 is 0. The Hall–Kier alpha value is -0.520. The topological polar surface area (TPSA) is 0 Å². The first-order chi connectivity index (χ1) is 6.13. The third-order valence-electron chi connectivity index (χ3n) is 4.16. The van der Waals surface area contributed by atoms with Crippen molar-refractivity contribution >= 4 is 0 Å². The van der Waals surface area contributed by atoms with Crippen molar-refractivity contribution in [2.75, 3.05) is 0 Å². The van der Waals surface area contributed by atoms with Gasteiger partial charge >= 0.3 is 0 Å². The molecule has 0 aromatic rings. The van der Waals surface area contributed by atoms with E-state index in [1.54, 1.807) is 0 Å². The molecule has 0 radical (unpaired) electrons. The van der Waals surface area contributed by atoms with Crippen molar-refractivity contribution in [2.45, 2.75) is 39.5 Å². The van der Waals surface area contributed by atoms with E-state index in [1.165, 1.54) is 31.3 Å². The van der Waals surface area contributed by atoms with Crippen LogP contribution in [-0.4, -0.2) is 0 Å². The molecule has 0 saturated heterocycles. The smallest absolute Gasteiger partial charge is 0.0162 e. The minimum Gasteiger partial charge on any atom is -0.0988 e. The molecule has 13 heavy (non-hydrogen) atoms. The van der Waals surface area contributed by atoms with Gasteiger partial charge in [0.2, 0.25) is 0 Å². The van der Waals surface area contributed by atoms with Crippen molar-refractivity contribution in [1.29, 1.82) is 0 Å². The molecule has 0 spiro atoms. The molecule has 2 atom stereocenters. The fourth-order valence-corrected chi connectivity index (χ4v) is 2.94. The third-order valence-corrected chi connectivity index (χ3v) is 4.16. The van der Waals surface area contributed by atoms with Gasteiger partial charge in [0, 0.05) is 0 Å². The summed E-state index contributed by atoms with van der Waals surface area (Å²) in [5, 5.41) is 0. The first kappa shape index (κ1) is 9.05. The Morgan fingerprint density at radius 1 is 1.54 bits per heavy atom. The molecule has 72 valence electrons. The van der Waals surface area contributed by atoms with E-state index in [4.69, 9.17) is 0 Å². The SMILES string of the molecule is C=CC1=CCC2CC1CCC2(C)C. The molecular weight excluding hydrogens is 156 g/mol. The maximum absolute atomic E-state index is 3.90. The lowest BCUT2D eigenvalue weighted by atomic mass is 9.60. The lowest BCUT2D eigenvalue weighted by molar-refractivity contribution is 0.104. The van der Waals surface area contributed by atoms with E-state index < -0.39 is 0 Å². The Balaban J connectivity index is 2.21. The third kappa shape index (κ3) is 1.47. The van der Waals surface area contributed by atoms with Crippen molar-refractivity contribution in [3.8, 4) is 0 Å². The Morgan fingerprint density at radius 2 is 2.31 bits per heavy atom. The molecule has 2 aliphatic carbocycles. The van der Waals surface area contributed by atoms with E-state index in [9.17, 15) is 0 Å². The van der Waals surface area contributed by atoms with Gasteiger partial charge in [-0.25, -0.2) is 0 Å². The molecule has 0 aromatic heterocycles. The Kier molecular flexibility index (Phi) is 2.09. The largest absolute Gasteiger partial charge is 0.0988 e. The van der Waals surface area contributed by atoms with Gasteiger partial charge < -0.3 is 0 Å². The van der Waals surface area contributed by atoms with Crippen molar-refractivity contribution < 1.29 is 0 Å². The normalized spacial score (nSPS) is 36.6.